The van der Waals surface area contributed by atoms with Gasteiger partial charge in [0, 0.05) is 39.0 Å². The standard InChI is InChI=1S/C20H18N10O2/c1-28-5-6-30-13(19(28)31)8-16(27-30)25-20-26-18-17(29(20)2)12(9-21)14(10-24-18)32-11-3-4-23-15(22)7-11/h3-4,7-8,10H,5-6H2,1-2H3,(H2,22,23)(H,24,25,26,27). The number of hydrogen-bond donors (Lipinski definition) is 2. The van der Waals surface area contributed by atoms with E-state index >= 15 is 0 Å². The molecule has 0 saturated carbocycles. The number of imidazole rings is 1. The molecule has 1 amide bonds. The van der Waals surface area contributed by atoms with Crippen LogP contribution in [0.2, 0.25) is 0 Å². The van der Waals surface area contributed by atoms with Crippen LogP contribution in [0.3, 0.4) is 0 Å². The lowest BCUT2D eigenvalue weighted by Gasteiger charge is -2.22. The number of fused-ring (bicyclic) bond motifs is 2. The van der Waals surface area contributed by atoms with E-state index in [0.717, 1.165) is 0 Å². The molecular weight excluding hydrogens is 412 g/mol. The van der Waals surface area contributed by atoms with Gasteiger partial charge in [-0.25, -0.2) is 9.97 Å². The summed E-state index contributed by atoms with van der Waals surface area (Å²) in [6.07, 6.45) is 2.96. The van der Waals surface area contributed by atoms with Crippen LogP contribution in [-0.2, 0) is 13.6 Å². The lowest BCUT2D eigenvalue weighted by molar-refractivity contribution is 0.0743. The summed E-state index contributed by atoms with van der Waals surface area (Å²) in [5.41, 5.74) is 7.34. The summed E-state index contributed by atoms with van der Waals surface area (Å²) >= 11 is 0. The van der Waals surface area contributed by atoms with E-state index in [4.69, 9.17) is 10.5 Å². The minimum absolute atomic E-state index is 0.0891. The fraction of sp³-hybridized carbons (Fsp3) is 0.200. The second-order valence-corrected chi connectivity index (χ2v) is 7.28. The second kappa shape index (κ2) is 7.24. The van der Waals surface area contributed by atoms with Crippen LogP contribution in [0.15, 0.2) is 30.6 Å². The van der Waals surface area contributed by atoms with Crippen LogP contribution >= 0.6 is 0 Å². The van der Waals surface area contributed by atoms with E-state index in [0.29, 0.717) is 53.3 Å². The summed E-state index contributed by atoms with van der Waals surface area (Å²) in [5.74, 6) is 1.82. The number of nitrogens with two attached hydrogens (primary N) is 1. The topological polar surface area (TPSA) is 153 Å². The maximum Gasteiger partial charge on any atom is 0.272 e. The number of nitriles is 1. The Labute approximate surface area is 181 Å². The summed E-state index contributed by atoms with van der Waals surface area (Å²) in [4.78, 5) is 26.7. The number of pyridine rings is 2. The predicted octanol–water partition coefficient (Wildman–Crippen LogP) is 1.64. The second-order valence-electron chi connectivity index (χ2n) is 7.28. The van der Waals surface area contributed by atoms with E-state index in [1.54, 1.807) is 46.4 Å². The number of aromatic nitrogens is 6. The molecule has 1 aliphatic rings. The first kappa shape index (κ1) is 19.3. The first-order chi connectivity index (χ1) is 15.4. The molecule has 1 aliphatic heterocycles. The number of amides is 1. The predicted molar refractivity (Wildman–Crippen MR) is 114 cm³/mol. The van der Waals surface area contributed by atoms with Crippen LogP contribution in [0, 0.1) is 11.3 Å². The van der Waals surface area contributed by atoms with Crippen LogP contribution in [0.5, 0.6) is 11.5 Å². The van der Waals surface area contributed by atoms with Gasteiger partial charge in [-0.2, -0.15) is 15.3 Å². The van der Waals surface area contributed by atoms with Gasteiger partial charge in [-0.3, -0.25) is 9.48 Å². The summed E-state index contributed by atoms with van der Waals surface area (Å²) in [7, 11) is 3.51. The van der Waals surface area contributed by atoms with E-state index in [-0.39, 0.29) is 17.2 Å². The number of nitrogens with zero attached hydrogens (tertiary/aromatic N) is 8. The molecule has 32 heavy (non-hydrogen) atoms. The van der Waals surface area contributed by atoms with Crippen molar-refractivity contribution in [3.63, 3.8) is 0 Å². The van der Waals surface area contributed by atoms with E-state index in [1.165, 1.54) is 12.4 Å². The van der Waals surface area contributed by atoms with E-state index in [9.17, 15) is 10.1 Å². The first-order valence-corrected chi connectivity index (χ1v) is 9.70. The Morgan fingerprint density at radius 1 is 1.25 bits per heavy atom. The molecule has 12 nitrogen and oxygen atoms in total. The lowest BCUT2D eigenvalue weighted by Crippen LogP contribution is -2.37. The number of aryl methyl sites for hydroxylation is 1. The van der Waals surface area contributed by atoms with E-state index in [2.05, 4.69) is 31.4 Å². The van der Waals surface area contributed by atoms with Gasteiger partial charge in [-0.05, 0) is 6.07 Å². The Bertz CT molecular complexity index is 1410. The van der Waals surface area contributed by atoms with Crippen LogP contribution in [0.1, 0.15) is 16.1 Å². The molecule has 0 spiro atoms. The molecule has 0 radical (unpaired) electrons. The number of nitrogen functional groups attached to an aromatic ring is 1. The van der Waals surface area contributed by atoms with Crippen molar-refractivity contribution in [2.45, 2.75) is 6.54 Å². The van der Waals surface area contributed by atoms with Gasteiger partial charge >= 0.3 is 0 Å². The molecule has 0 aliphatic carbocycles. The Morgan fingerprint density at radius 3 is 2.88 bits per heavy atom. The highest BCUT2D eigenvalue weighted by molar-refractivity contribution is 5.94. The van der Waals surface area contributed by atoms with Crippen LogP contribution < -0.4 is 15.8 Å². The number of ether oxygens (including phenoxy) is 1. The van der Waals surface area contributed by atoms with Crippen LogP contribution in [0.4, 0.5) is 17.6 Å². The molecule has 4 aromatic heterocycles. The van der Waals surface area contributed by atoms with Crippen molar-refractivity contribution in [2.24, 2.45) is 7.05 Å². The molecule has 0 unspecified atom stereocenters. The summed E-state index contributed by atoms with van der Waals surface area (Å²) < 4.78 is 9.19. The SMILES string of the molecule is CN1CCn2nc(Nc3nc4ncc(Oc5ccnc(N)c5)c(C#N)c4n3C)cc2C1=O. The molecule has 0 atom stereocenters. The Kier molecular flexibility index (Phi) is 4.37. The molecule has 0 bridgehead atoms. The third kappa shape index (κ3) is 3.12. The van der Waals surface area contributed by atoms with Gasteiger partial charge in [0.15, 0.2) is 17.2 Å². The average molecular weight is 430 g/mol. The molecule has 12 heteroatoms. The van der Waals surface area contributed by atoms with Crippen molar-refractivity contribution in [1.29, 1.82) is 5.26 Å². The minimum atomic E-state index is -0.0891. The lowest BCUT2D eigenvalue weighted by atomic mass is 10.2. The van der Waals surface area contributed by atoms with Gasteiger partial charge in [0.1, 0.15) is 34.4 Å². The number of anilines is 3. The molecule has 4 aromatic rings. The van der Waals surface area contributed by atoms with Crippen molar-refractivity contribution in [3.05, 3.63) is 41.9 Å². The van der Waals surface area contributed by atoms with Crippen LogP contribution in [0.25, 0.3) is 11.2 Å². The minimum Gasteiger partial charge on any atom is -0.454 e. The van der Waals surface area contributed by atoms with Crippen LogP contribution in [-0.4, -0.2) is 53.7 Å². The van der Waals surface area contributed by atoms with Gasteiger partial charge < -0.3 is 25.3 Å². The van der Waals surface area contributed by atoms with Gasteiger partial charge in [0.05, 0.1) is 12.7 Å². The average Bonchev–Trinajstić information content (AvgIpc) is 3.33. The third-order valence-electron chi connectivity index (χ3n) is 5.19. The Morgan fingerprint density at radius 2 is 2.09 bits per heavy atom. The van der Waals surface area contributed by atoms with Crippen molar-refractivity contribution in [1.82, 2.24) is 34.2 Å². The molecule has 5 rings (SSSR count). The maximum absolute atomic E-state index is 12.3. The Balaban J connectivity index is 1.51. The molecule has 0 saturated heterocycles. The molecule has 0 fully saturated rings. The highest BCUT2D eigenvalue weighted by atomic mass is 16.5. The molecule has 160 valence electrons. The highest BCUT2D eigenvalue weighted by Gasteiger charge is 2.25. The first-order valence-electron chi connectivity index (χ1n) is 9.70. The monoisotopic (exact) mass is 430 g/mol. The number of rotatable bonds is 4. The quantitative estimate of drug-likeness (QED) is 0.492. The zero-order chi connectivity index (χ0) is 22.4. The third-order valence-corrected chi connectivity index (χ3v) is 5.19. The summed E-state index contributed by atoms with van der Waals surface area (Å²) in [6, 6.07) is 7.04. The molecular formula is C20H18N10O2. The number of carbonyl (C=O) groups excluding carboxylic acids is 1. The molecule has 0 aromatic carbocycles. The largest absolute Gasteiger partial charge is 0.454 e. The van der Waals surface area contributed by atoms with Crippen molar-refractivity contribution >= 4 is 34.7 Å². The zero-order valence-corrected chi connectivity index (χ0v) is 17.3. The van der Waals surface area contributed by atoms with E-state index < -0.39 is 0 Å². The van der Waals surface area contributed by atoms with Gasteiger partial charge in [-0.15, -0.1) is 0 Å². The van der Waals surface area contributed by atoms with Gasteiger partial charge in [0.2, 0.25) is 5.95 Å². The fourth-order valence-electron chi connectivity index (χ4n) is 3.55. The van der Waals surface area contributed by atoms with Gasteiger partial charge in [-0.1, -0.05) is 0 Å². The smallest absolute Gasteiger partial charge is 0.272 e. The number of likely N-dealkylation sites (N-methyl/N-ethyl adjacent to an activating group) is 1. The van der Waals surface area contributed by atoms with Crippen molar-refractivity contribution in [2.75, 3.05) is 24.6 Å². The highest BCUT2D eigenvalue weighted by Crippen LogP contribution is 2.31. The maximum atomic E-state index is 12.3. The molecule has 3 N–H and O–H groups in total. The zero-order valence-electron chi connectivity index (χ0n) is 17.3. The summed E-state index contributed by atoms with van der Waals surface area (Å²) in [5, 5.41) is 17.4. The Hall–Kier alpha value is -4.66. The summed E-state index contributed by atoms with van der Waals surface area (Å²) in [6.45, 7) is 1.21. The fourth-order valence-corrected chi connectivity index (χ4v) is 3.55. The molecule has 5 heterocycles. The van der Waals surface area contributed by atoms with Crippen molar-refractivity contribution < 1.29 is 9.53 Å². The number of nitrogens with one attached hydrogen (secondary N) is 1. The van der Waals surface area contributed by atoms with E-state index in [1.807, 2.05) is 0 Å². The normalized spacial score (nSPS) is 13.2. The number of hydrogen-bond acceptors (Lipinski definition) is 9. The van der Waals surface area contributed by atoms with Crippen molar-refractivity contribution in [3.8, 4) is 17.6 Å². The number of carbonyl (C=O) groups is 1. The van der Waals surface area contributed by atoms with Gasteiger partial charge in [0.25, 0.3) is 5.91 Å².